The van der Waals surface area contributed by atoms with Gasteiger partial charge >= 0.3 is 5.97 Å². The number of rotatable bonds is 15. The number of unbranched alkanes of at least 4 members (excludes halogenated alkanes) is 2. The first-order chi connectivity index (χ1) is 15.6. The van der Waals surface area contributed by atoms with Crippen molar-refractivity contribution >= 4 is 23.7 Å². The molecule has 1 aliphatic heterocycles. The second kappa shape index (κ2) is 14.8. The van der Waals surface area contributed by atoms with Crippen molar-refractivity contribution in [2.75, 3.05) is 19.6 Å². The van der Waals surface area contributed by atoms with Crippen molar-refractivity contribution in [3.8, 4) is 0 Å². The Balaban J connectivity index is 2.89. The molecule has 4 unspecified atom stereocenters. The molecule has 0 aromatic rings. The number of hydrogen-bond donors (Lipinski definition) is 6. The summed E-state index contributed by atoms with van der Waals surface area (Å²) in [6.07, 6.45) is 4.52. The summed E-state index contributed by atoms with van der Waals surface area (Å²) in [7, 11) is 0. The normalized spacial score (nSPS) is 18.6. The van der Waals surface area contributed by atoms with Crippen molar-refractivity contribution in [2.45, 2.75) is 89.4 Å². The van der Waals surface area contributed by atoms with Gasteiger partial charge in [0.2, 0.25) is 17.7 Å². The van der Waals surface area contributed by atoms with Crippen LogP contribution in [0.25, 0.3) is 0 Å². The Morgan fingerprint density at radius 2 is 1.58 bits per heavy atom. The third-order valence-electron chi connectivity index (χ3n) is 5.94. The van der Waals surface area contributed by atoms with E-state index in [-0.39, 0.29) is 5.92 Å². The van der Waals surface area contributed by atoms with Gasteiger partial charge < -0.3 is 37.8 Å². The predicted molar refractivity (Wildman–Crippen MR) is 125 cm³/mol. The number of carbonyl (C=O) groups excluding carboxylic acids is 3. The van der Waals surface area contributed by atoms with Crippen LogP contribution in [-0.4, -0.2) is 77.5 Å². The molecule has 0 aromatic heterocycles. The quantitative estimate of drug-likeness (QED) is 0.169. The van der Waals surface area contributed by atoms with Gasteiger partial charge in [0.25, 0.3) is 0 Å². The molecule has 0 spiro atoms. The Bertz CT molecular complexity index is 659. The summed E-state index contributed by atoms with van der Waals surface area (Å²) in [6.45, 7) is 4.88. The van der Waals surface area contributed by atoms with E-state index >= 15 is 0 Å². The van der Waals surface area contributed by atoms with Gasteiger partial charge in [0.05, 0.1) is 6.04 Å². The van der Waals surface area contributed by atoms with E-state index in [1.165, 1.54) is 4.90 Å². The lowest BCUT2D eigenvalue weighted by atomic mass is 10.0. The van der Waals surface area contributed by atoms with Crippen LogP contribution in [0, 0.1) is 5.92 Å². The number of carboxylic acids is 1. The second-order valence-electron chi connectivity index (χ2n) is 8.99. The minimum Gasteiger partial charge on any atom is -0.480 e. The average Bonchev–Trinajstić information content (AvgIpc) is 3.26. The molecule has 1 fully saturated rings. The molecule has 1 aliphatic rings. The molecule has 3 amide bonds. The molecule has 0 aliphatic carbocycles. The number of nitrogens with one attached hydrogen (secondary N) is 2. The highest BCUT2D eigenvalue weighted by atomic mass is 16.4. The van der Waals surface area contributed by atoms with Gasteiger partial charge in [-0.15, -0.1) is 0 Å². The summed E-state index contributed by atoms with van der Waals surface area (Å²) < 4.78 is 0. The van der Waals surface area contributed by atoms with E-state index in [0.717, 1.165) is 6.42 Å². The number of likely N-dealkylation sites (tertiary alicyclic amines) is 1. The summed E-state index contributed by atoms with van der Waals surface area (Å²) in [5.74, 6) is -2.65. The van der Waals surface area contributed by atoms with Crippen LogP contribution >= 0.6 is 0 Å². The standard InChI is InChI=1S/C22H42N6O5/c1-14(2)18(27-19(29)15(25)8-3-5-11-23)20(30)26-16(9-4-6-12-24)21(31)28-13-7-10-17(28)22(32)33/h14-18H,3-13,23-25H2,1-2H3,(H,26,30)(H,27,29)(H,32,33). The lowest BCUT2D eigenvalue weighted by Crippen LogP contribution is -2.58. The van der Waals surface area contributed by atoms with Crippen LogP contribution in [0.15, 0.2) is 0 Å². The molecular formula is C22H42N6O5. The molecule has 0 aromatic carbocycles. The maximum absolute atomic E-state index is 13.2. The molecule has 1 rings (SSSR count). The molecule has 9 N–H and O–H groups in total. The topological polar surface area (TPSA) is 194 Å². The third kappa shape index (κ3) is 9.26. The molecule has 1 heterocycles. The molecule has 190 valence electrons. The lowest BCUT2D eigenvalue weighted by molar-refractivity contribution is -0.149. The summed E-state index contributed by atoms with van der Waals surface area (Å²) in [5, 5.41) is 14.9. The molecule has 33 heavy (non-hydrogen) atoms. The molecule has 11 nitrogen and oxygen atoms in total. The summed E-state index contributed by atoms with van der Waals surface area (Å²) in [4.78, 5) is 51.6. The molecule has 0 bridgehead atoms. The first kappa shape index (κ1) is 28.8. The van der Waals surface area contributed by atoms with Crippen molar-refractivity contribution in [1.29, 1.82) is 0 Å². The Labute approximate surface area is 196 Å². The Morgan fingerprint density at radius 1 is 0.970 bits per heavy atom. The van der Waals surface area contributed by atoms with Crippen LogP contribution in [0.4, 0.5) is 0 Å². The fourth-order valence-corrected chi connectivity index (χ4v) is 3.93. The van der Waals surface area contributed by atoms with Crippen LogP contribution in [0.5, 0.6) is 0 Å². The maximum Gasteiger partial charge on any atom is 0.326 e. The highest BCUT2D eigenvalue weighted by molar-refractivity contribution is 5.94. The highest BCUT2D eigenvalue weighted by Crippen LogP contribution is 2.20. The zero-order chi connectivity index (χ0) is 25.0. The Kier molecular flexibility index (Phi) is 12.9. The van der Waals surface area contributed by atoms with Crippen LogP contribution in [0.1, 0.15) is 65.2 Å². The zero-order valence-electron chi connectivity index (χ0n) is 19.9. The monoisotopic (exact) mass is 470 g/mol. The number of carboxylic acid groups (broad SMARTS) is 1. The van der Waals surface area contributed by atoms with E-state index < -0.39 is 47.9 Å². The Hall–Kier alpha value is -2.24. The summed E-state index contributed by atoms with van der Waals surface area (Å²) >= 11 is 0. The van der Waals surface area contributed by atoms with Crippen molar-refractivity contribution in [3.63, 3.8) is 0 Å². The lowest BCUT2D eigenvalue weighted by Gasteiger charge is -2.30. The van der Waals surface area contributed by atoms with Crippen molar-refractivity contribution in [3.05, 3.63) is 0 Å². The van der Waals surface area contributed by atoms with Gasteiger partial charge in [0, 0.05) is 6.54 Å². The smallest absolute Gasteiger partial charge is 0.326 e. The maximum atomic E-state index is 13.2. The number of amides is 3. The first-order valence-corrected chi connectivity index (χ1v) is 11.9. The van der Waals surface area contributed by atoms with E-state index in [1.807, 2.05) is 0 Å². The summed E-state index contributed by atoms with van der Waals surface area (Å²) in [5.41, 5.74) is 17.0. The zero-order valence-corrected chi connectivity index (χ0v) is 19.9. The van der Waals surface area contributed by atoms with Crippen LogP contribution in [0.2, 0.25) is 0 Å². The number of aliphatic carboxylic acids is 1. The van der Waals surface area contributed by atoms with Crippen LogP contribution in [0.3, 0.4) is 0 Å². The fraction of sp³-hybridized carbons (Fsp3) is 0.818. The largest absolute Gasteiger partial charge is 0.480 e. The Morgan fingerprint density at radius 3 is 2.12 bits per heavy atom. The molecule has 0 radical (unpaired) electrons. The average molecular weight is 471 g/mol. The highest BCUT2D eigenvalue weighted by Gasteiger charge is 2.38. The van der Waals surface area contributed by atoms with Crippen LogP contribution in [-0.2, 0) is 19.2 Å². The van der Waals surface area contributed by atoms with Crippen molar-refractivity contribution in [1.82, 2.24) is 15.5 Å². The van der Waals surface area contributed by atoms with Crippen molar-refractivity contribution < 1.29 is 24.3 Å². The number of nitrogens with zero attached hydrogens (tertiary/aromatic N) is 1. The molecule has 11 heteroatoms. The second-order valence-corrected chi connectivity index (χ2v) is 8.99. The molecule has 0 saturated carbocycles. The van der Waals surface area contributed by atoms with Gasteiger partial charge in [-0.25, -0.2) is 4.79 Å². The van der Waals surface area contributed by atoms with E-state index in [4.69, 9.17) is 17.2 Å². The fourth-order valence-electron chi connectivity index (χ4n) is 3.93. The van der Waals surface area contributed by atoms with Gasteiger partial charge in [-0.3, -0.25) is 14.4 Å². The van der Waals surface area contributed by atoms with Gasteiger partial charge in [0.1, 0.15) is 18.1 Å². The number of carbonyl (C=O) groups is 4. The molecule has 4 atom stereocenters. The van der Waals surface area contributed by atoms with Crippen molar-refractivity contribution in [2.24, 2.45) is 23.1 Å². The van der Waals surface area contributed by atoms with Gasteiger partial charge in [-0.2, -0.15) is 0 Å². The minimum atomic E-state index is -1.05. The van der Waals surface area contributed by atoms with E-state index in [1.54, 1.807) is 13.8 Å². The van der Waals surface area contributed by atoms with E-state index in [2.05, 4.69) is 10.6 Å². The van der Waals surface area contributed by atoms with Gasteiger partial charge in [-0.05, 0) is 64.0 Å². The van der Waals surface area contributed by atoms with Crippen LogP contribution < -0.4 is 27.8 Å². The molecular weight excluding hydrogens is 428 g/mol. The third-order valence-corrected chi connectivity index (χ3v) is 5.94. The SMILES string of the molecule is CC(C)C(NC(=O)C(N)CCCCN)C(=O)NC(CCCCN)C(=O)N1CCCC1C(=O)O. The predicted octanol–water partition coefficient (Wildman–Crippen LogP) is -0.727. The van der Waals surface area contributed by atoms with Gasteiger partial charge in [-0.1, -0.05) is 20.3 Å². The summed E-state index contributed by atoms with van der Waals surface area (Å²) in [6, 6.07) is -3.41. The number of hydrogen-bond acceptors (Lipinski definition) is 7. The number of nitrogens with two attached hydrogens (primary N) is 3. The minimum absolute atomic E-state index is 0.247. The molecule has 1 saturated heterocycles. The van der Waals surface area contributed by atoms with E-state index in [9.17, 15) is 24.3 Å². The first-order valence-electron chi connectivity index (χ1n) is 11.9. The van der Waals surface area contributed by atoms with E-state index in [0.29, 0.717) is 64.6 Å². The van der Waals surface area contributed by atoms with Gasteiger partial charge in [0.15, 0.2) is 0 Å².